The summed E-state index contributed by atoms with van der Waals surface area (Å²) in [5.41, 5.74) is -0.00485. The van der Waals surface area contributed by atoms with Crippen LogP contribution >= 0.6 is 0 Å². The van der Waals surface area contributed by atoms with Crippen molar-refractivity contribution >= 4 is 11.9 Å². The molecule has 0 saturated heterocycles. The second kappa shape index (κ2) is 13.7. The van der Waals surface area contributed by atoms with Gasteiger partial charge in [-0.3, -0.25) is 14.3 Å². The van der Waals surface area contributed by atoms with Crippen LogP contribution in [0.25, 0.3) is 11.3 Å². The molecule has 11 heteroatoms. The molecule has 5 rings (SSSR count). The number of alkyl halides is 3. The lowest BCUT2D eigenvalue weighted by atomic mass is 10.0. The normalized spacial score (nSPS) is 14.3. The first-order valence-electron chi connectivity index (χ1n) is 14.3. The third-order valence-electron chi connectivity index (χ3n) is 7.40. The highest BCUT2D eigenvalue weighted by Gasteiger charge is 2.35. The summed E-state index contributed by atoms with van der Waals surface area (Å²) in [7, 11) is 0. The van der Waals surface area contributed by atoms with Gasteiger partial charge in [0.15, 0.2) is 5.69 Å². The average molecular weight is 610 g/mol. The zero-order valence-corrected chi connectivity index (χ0v) is 23.7. The van der Waals surface area contributed by atoms with E-state index in [0.29, 0.717) is 5.75 Å². The van der Waals surface area contributed by atoms with E-state index < -0.39 is 35.5 Å². The number of benzene rings is 3. The number of carbonyl (C=O) groups is 2. The van der Waals surface area contributed by atoms with Crippen LogP contribution in [0.4, 0.5) is 17.6 Å². The molecule has 3 aromatic carbocycles. The number of nitrogens with one attached hydrogen (secondary N) is 1. The lowest BCUT2D eigenvalue weighted by Gasteiger charge is -2.18. The first-order chi connectivity index (χ1) is 21.2. The highest BCUT2D eigenvalue weighted by molar-refractivity contribution is 5.94. The Kier molecular flexibility index (Phi) is 9.62. The summed E-state index contributed by atoms with van der Waals surface area (Å²) < 4.78 is 67.8. The summed E-state index contributed by atoms with van der Waals surface area (Å²) >= 11 is 0. The molecule has 4 aromatic rings. The molecule has 44 heavy (non-hydrogen) atoms. The van der Waals surface area contributed by atoms with Crippen molar-refractivity contribution in [2.45, 2.75) is 57.0 Å². The van der Waals surface area contributed by atoms with Gasteiger partial charge in [0.2, 0.25) is 0 Å². The van der Waals surface area contributed by atoms with Gasteiger partial charge in [0, 0.05) is 5.56 Å². The Morgan fingerprint density at radius 2 is 1.64 bits per heavy atom. The zero-order valence-electron chi connectivity index (χ0n) is 23.7. The molecule has 1 aliphatic carbocycles. The highest BCUT2D eigenvalue weighted by atomic mass is 19.4. The summed E-state index contributed by atoms with van der Waals surface area (Å²) in [5, 5.41) is 7.20. The minimum Gasteiger partial charge on any atom is -0.491 e. The SMILES string of the molecule is O=C(CC(COc1ccc(F)cc1)NC(=O)c1cc(-c2ccccc2C(F)(F)F)n(C2CCCC2)n1)OCc1ccccc1. The number of amides is 1. The molecular formula is C33H31F4N3O4. The van der Waals surface area contributed by atoms with Gasteiger partial charge in [-0.2, -0.15) is 18.3 Å². The summed E-state index contributed by atoms with van der Waals surface area (Å²) in [6, 6.07) is 19.8. The predicted octanol–water partition coefficient (Wildman–Crippen LogP) is 7.13. The molecule has 0 radical (unpaired) electrons. The maximum atomic E-state index is 13.9. The molecule has 1 N–H and O–H groups in total. The molecule has 1 fully saturated rings. The monoisotopic (exact) mass is 609 g/mol. The average Bonchev–Trinajstić information content (AvgIpc) is 3.71. The first kappa shape index (κ1) is 30.8. The predicted molar refractivity (Wildman–Crippen MR) is 154 cm³/mol. The van der Waals surface area contributed by atoms with E-state index in [1.54, 1.807) is 12.1 Å². The van der Waals surface area contributed by atoms with Crippen LogP contribution in [0, 0.1) is 5.82 Å². The largest absolute Gasteiger partial charge is 0.491 e. The fourth-order valence-corrected chi connectivity index (χ4v) is 5.22. The minimum absolute atomic E-state index is 0.0347. The van der Waals surface area contributed by atoms with Crippen LogP contribution in [0.15, 0.2) is 84.9 Å². The van der Waals surface area contributed by atoms with Gasteiger partial charge < -0.3 is 14.8 Å². The van der Waals surface area contributed by atoms with Crippen molar-refractivity contribution in [2.75, 3.05) is 6.61 Å². The zero-order chi connectivity index (χ0) is 31.1. The Hall–Kier alpha value is -4.67. The third kappa shape index (κ3) is 7.83. The summed E-state index contributed by atoms with van der Waals surface area (Å²) in [5.74, 6) is -1.42. The van der Waals surface area contributed by atoms with E-state index in [2.05, 4.69) is 10.4 Å². The number of carbonyl (C=O) groups excluding carboxylic acids is 2. The van der Waals surface area contributed by atoms with Crippen molar-refractivity contribution in [2.24, 2.45) is 0 Å². The van der Waals surface area contributed by atoms with E-state index in [1.807, 2.05) is 18.2 Å². The van der Waals surface area contributed by atoms with E-state index in [4.69, 9.17) is 9.47 Å². The minimum atomic E-state index is -4.60. The molecule has 0 spiro atoms. The van der Waals surface area contributed by atoms with Crippen molar-refractivity contribution in [3.05, 3.63) is 108 Å². The van der Waals surface area contributed by atoms with E-state index in [9.17, 15) is 27.2 Å². The summed E-state index contributed by atoms with van der Waals surface area (Å²) in [6.07, 6.45) is -1.60. The van der Waals surface area contributed by atoms with Crippen LogP contribution in [0.3, 0.4) is 0 Å². The topological polar surface area (TPSA) is 82.5 Å². The Morgan fingerprint density at radius 1 is 0.955 bits per heavy atom. The maximum absolute atomic E-state index is 13.9. The molecule has 1 amide bonds. The molecule has 1 saturated carbocycles. The fraction of sp³-hybridized carbons (Fsp3) is 0.303. The Labute approximate surface area is 251 Å². The lowest BCUT2D eigenvalue weighted by molar-refractivity contribution is -0.145. The van der Waals surface area contributed by atoms with Crippen LogP contribution < -0.4 is 10.1 Å². The quantitative estimate of drug-likeness (QED) is 0.145. The Morgan fingerprint density at radius 3 is 2.34 bits per heavy atom. The standard InChI is InChI=1S/C33H31F4N3O4/c34-23-14-16-26(17-15-23)43-21-24(18-31(41)44-20-22-8-2-1-3-9-22)38-32(42)29-19-30(40(39-29)25-10-4-5-11-25)27-12-6-7-13-28(27)33(35,36)37/h1-3,6-9,12-17,19,24-25H,4-5,10-11,18,20-21H2,(H,38,42). The molecule has 1 aromatic heterocycles. The number of rotatable bonds is 11. The molecule has 1 aliphatic rings. The number of halogens is 4. The van der Waals surface area contributed by atoms with Gasteiger partial charge >= 0.3 is 12.1 Å². The molecule has 7 nitrogen and oxygen atoms in total. The summed E-state index contributed by atoms with van der Waals surface area (Å²) in [4.78, 5) is 26.2. The van der Waals surface area contributed by atoms with E-state index in [0.717, 1.165) is 37.3 Å². The van der Waals surface area contributed by atoms with Gasteiger partial charge in [-0.05, 0) is 54.8 Å². The molecule has 1 heterocycles. The third-order valence-corrected chi connectivity index (χ3v) is 7.40. The Bertz CT molecular complexity index is 1570. The van der Waals surface area contributed by atoms with Gasteiger partial charge in [-0.15, -0.1) is 0 Å². The fourth-order valence-electron chi connectivity index (χ4n) is 5.22. The van der Waals surface area contributed by atoms with Crippen LogP contribution in [0.2, 0.25) is 0 Å². The van der Waals surface area contributed by atoms with Gasteiger partial charge in [-0.1, -0.05) is 61.4 Å². The number of nitrogens with zero attached hydrogens (tertiary/aromatic N) is 2. The number of esters is 1. The van der Waals surface area contributed by atoms with Gasteiger partial charge in [-0.25, -0.2) is 4.39 Å². The van der Waals surface area contributed by atoms with Crippen LogP contribution in [0.1, 0.15) is 59.8 Å². The maximum Gasteiger partial charge on any atom is 0.417 e. The van der Waals surface area contributed by atoms with E-state index >= 15 is 0 Å². The molecule has 0 bridgehead atoms. The molecule has 1 unspecified atom stereocenters. The lowest BCUT2D eigenvalue weighted by Crippen LogP contribution is -2.41. The molecule has 1 atom stereocenters. The second-order valence-electron chi connectivity index (χ2n) is 10.6. The van der Waals surface area contributed by atoms with Gasteiger partial charge in [0.25, 0.3) is 5.91 Å². The number of aromatic nitrogens is 2. The van der Waals surface area contributed by atoms with Gasteiger partial charge in [0.05, 0.1) is 29.8 Å². The molecule has 230 valence electrons. The van der Waals surface area contributed by atoms with Crippen molar-refractivity contribution < 1.29 is 36.6 Å². The van der Waals surface area contributed by atoms with Crippen molar-refractivity contribution in [3.63, 3.8) is 0 Å². The highest BCUT2D eigenvalue weighted by Crippen LogP contribution is 2.40. The van der Waals surface area contributed by atoms with Crippen LogP contribution in [-0.2, 0) is 22.3 Å². The first-order valence-corrected chi connectivity index (χ1v) is 14.3. The second-order valence-corrected chi connectivity index (χ2v) is 10.6. The van der Waals surface area contributed by atoms with Crippen LogP contribution in [0.5, 0.6) is 5.75 Å². The smallest absolute Gasteiger partial charge is 0.417 e. The summed E-state index contributed by atoms with van der Waals surface area (Å²) in [6.45, 7) is -0.127. The number of ether oxygens (including phenoxy) is 2. The van der Waals surface area contributed by atoms with Crippen LogP contribution in [-0.4, -0.2) is 34.3 Å². The number of hydrogen-bond acceptors (Lipinski definition) is 5. The van der Waals surface area contributed by atoms with E-state index in [1.165, 1.54) is 53.2 Å². The van der Waals surface area contributed by atoms with Crippen molar-refractivity contribution in [1.82, 2.24) is 15.1 Å². The van der Waals surface area contributed by atoms with E-state index in [-0.39, 0.29) is 42.6 Å². The van der Waals surface area contributed by atoms with Gasteiger partial charge in [0.1, 0.15) is 24.8 Å². The number of hydrogen-bond donors (Lipinski definition) is 1. The van der Waals surface area contributed by atoms with Crippen molar-refractivity contribution in [1.29, 1.82) is 0 Å². The van der Waals surface area contributed by atoms with Crippen molar-refractivity contribution in [3.8, 4) is 17.0 Å². The Balaban J connectivity index is 1.38. The molecular weight excluding hydrogens is 578 g/mol. The molecule has 0 aliphatic heterocycles.